The summed E-state index contributed by atoms with van der Waals surface area (Å²) in [5.74, 6) is -0.476. The molecule has 0 N–H and O–H groups in total. The van der Waals surface area contributed by atoms with Crippen molar-refractivity contribution >= 4 is 33.3 Å². The molecule has 0 saturated heterocycles. The largest absolute Gasteiger partial charge is 0.294 e. The maximum absolute atomic E-state index is 13.6. The molecule has 1 aromatic carbocycles. The van der Waals surface area contributed by atoms with E-state index in [2.05, 4.69) is 15.9 Å². The van der Waals surface area contributed by atoms with Gasteiger partial charge in [0.2, 0.25) is 0 Å². The Morgan fingerprint density at radius 1 is 1.50 bits per heavy atom. The molecule has 76 valence electrons. The molecule has 0 bridgehead atoms. The SMILES string of the molecule is O=C(CCCl)c1cccc(CBr)c1F. The lowest BCUT2D eigenvalue weighted by Gasteiger charge is -2.04. The number of alkyl halides is 2. The van der Waals surface area contributed by atoms with Crippen molar-refractivity contribution in [3.63, 3.8) is 0 Å². The van der Waals surface area contributed by atoms with Crippen LogP contribution in [0.5, 0.6) is 0 Å². The molecule has 14 heavy (non-hydrogen) atoms. The molecule has 1 rings (SSSR count). The van der Waals surface area contributed by atoms with Crippen LogP contribution in [-0.2, 0) is 5.33 Å². The molecule has 0 heterocycles. The summed E-state index contributed by atoms with van der Waals surface area (Å²) in [5.41, 5.74) is 0.619. The molecule has 4 heteroatoms. The van der Waals surface area contributed by atoms with Crippen molar-refractivity contribution in [2.45, 2.75) is 11.8 Å². The smallest absolute Gasteiger partial charge is 0.167 e. The van der Waals surface area contributed by atoms with Crippen molar-refractivity contribution < 1.29 is 9.18 Å². The van der Waals surface area contributed by atoms with E-state index in [0.717, 1.165) is 0 Å². The van der Waals surface area contributed by atoms with E-state index in [0.29, 0.717) is 10.9 Å². The van der Waals surface area contributed by atoms with Crippen LogP contribution in [0.25, 0.3) is 0 Å². The molecule has 0 saturated carbocycles. The van der Waals surface area contributed by atoms with Crippen LogP contribution in [0.3, 0.4) is 0 Å². The third-order valence-electron chi connectivity index (χ3n) is 1.84. The zero-order valence-electron chi connectivity index (χ0n) is 7.40. The average Bonchev–Trinajstić information content (AvgIpc) is 2.18. The topological polar surface area (TPSA) is 17.1 Å². The standard InChI is InChI=1S/C10H9BrClFO/c11-6-7-2-1-3-8(10(7)13)9(14)4-5-12/h1-3H,4-6H2. The fourth-order valence-corrected chi connectivity index (χ4v) is 1.72. The van der Waals surface area contributed by atoms with Crippen LogP contribution < -0.4 is 0 Å². The van der Waals surface area contributed by atoms with Gasteiger partial charge >= 0.3 is 0 Å². The van der Waals surface area contributed by atoms with Gasteiger partial charge in [-0.15, -0.1) is 11.6 Å². The number of benzene rings is 1. The summed E-state index contributed by atoms with van der Waals surface area (Å²) in [6, 6.07) is 4.79. The molecule has 0 atom stereocenters. The first-order valence-electron chi connectivity index (χ1n) is 4.13. The molecular formula is C10H9BrClFO. The van der Waals surface area contributed by atoms with Gasteiger partial charge in [0.25, 0.3) is 0 Å². The second-order valence-corrected chi connectivity index (χ2v) is 3.71. The van der Waals surface area contributed by atoms with E-state index in [1.807, 2.05) is 0 Å². The van der Waals surface area contributed by atoms with Crippen molar-refractivity contribution in [1.82, 2.24) is 0 Å². The molecule has 0 unspecified atom stereocenters. The van der Waals surface area contributed by atoms with Crippen LogP contribution in [0.1, 0.15) is 22.3 Å². The first kappa shape index (κ1) is 11.7. The molecule has 0 spiro atoms. The van der Waals surface area contributed by atoms with E-state index in [9.17, 15) is 9.18 Å². The van der Waals surface area contributed by atoms with Gasteiger partial charge in [-0.1, -0.05) is 28.1 Å². The number of Topliss-reactive ketones (excluding diaryl/α,β-unsaturated/α-hetero) is 1. The minimum atomic E-state index is -0.445. The average molecular weight is 280 g/mol. The van der Waals surface area contributed by atoms with Crippen LogP contribution in [-0.4, -0.2) is 11.7 Å². The van der Waals surface area contributed by atoms with Crippen LogP contribution in [0.2, 0.25) is 0 Å². The highest BCUT2D eigenvalue weighted by Crippen LogP contribution is 2.17. The molecule has 0 aliphatic rings. The molecule has 0 radical (unpaired) electrons. The Hall–Kier alpha value is -0.410. The highest BCUT2D eigenvalue weighted by atomic mass is 79.9. The van der Waals surface area contributed by atoms with E-state index in [4.69, 9.17) is 11.6 Å². The van der Waals surface area contributed by atoms with Crippen LogP contribution in [0.15, 0.2) is 18.2 Å². The molecule has 0 aliphatic carbocycles. The minimum Gasteiger partial charge on any atom is -0.294 e. The van der Waals surface area contributed by atoms with E-state index >= 15 is 0 Å². The van der Waals surface area contributed by atoms with Gasteiger partial charge in [0, 0.05) is 17.6 Å². The summed E-state index contributed by atoms with van der Waals surface area (Å²) in [4.78, 5) is 11.4. The highest BCUT2D eigenvalue weighted by molar-refractivity contribution is 9.08. The Morgan fingerprint density at radius 3 is 2.79 bits per heavy atom. The van der Waals surface area contributed by atoms with Crippen molar-refractivity contribution in [1.29, 1.82) is 0 Å². The first-order valence-corrected chi connectivity index (χ1v) is 5.78. The zero-order valence-corrected chi connectivity index (χ0v) is 9.74. The Bertz CT molecular complexity index is 341. The van der Waals surface area contributed by atoms with Crippen molar-refractivity contribution in [2.75, 3.05) is 5.88 Å². The molecule has 0 aliphatic heterocycles. The number of hydrogen-bond donors (Lipinski definition) is 0. The highest BCUT2D eigenvalue weighted by Gasteiger charge is 2.13. The third-order valence-corrected chi connectivity index (χ3v) is 2.64. The van der Waals surface area contributed by atoms with Gasteiger partial charge in [-0.3, -0.25) is 4.79 Å². The van der Waals surface area contributed by atoms with E-state index in [1.54, 1.807) is 12.1 Å². The third kappa shape index (κ3) is 2.55. The van der Waals surface area contributed by atoms with Gasteiger partial charge in [0.1, 0.15) is 5.82 Å². The number of carbonyl (C=O) groups excluding carboxylic acids is 1. The Kier molecular flexibility index (Phi) is 4.55. The van der Waals surface area contributed by atoms with Gasteiger partial charge in [-0.25, -0.2) is 4.39 Å². The van der Waals surface area contributed by atoms with Crippen molar-refractivity contribution in [3.05, 3.63) is 35.1 Å². The van der Waals surface area contributed by atoms with E-state index in [1.165, 1.54) is 6.07 Å². The van der Waals surface area contributed by atoms with Gasteiger partial charge in [0.05, 0.1) is 5.56 Å². The molecule has 1 nitrogen and oxygen atoms in total. The molecule has 1 aromatic rings. The summed E-state index contributed by atoms with van der Waals surface area (Å²) in [7, 11) is 0. The fourth-order valence-electron chi connectivity index (χ4n) is 1.12. The maximum Gasteiger partial charge on any atom is 0.167 e. The van der Waals surface area contributed by atoms with E-state index in [-0.39, 0.29) is 23.6 Å². The van der Waals surface area contributed by atoms with Crippen molar-refractivity contribution in [2.24, 2.45) is 0 Å². The lowest BCUT2D eigenvalue weighted by molar-refractivity contribution is 0.0985. The first-order chi connectivity index (χ1) is 6.70. The minimum absolute atomic E-state index is 0.127. The lowest BCUT2D eigenvalue weighted by atomic mass is 10.1. The number of carbonyl (C=O) groups is 1. The van der Waals surface area contributed by atoms with Gasteiger partial charge in [-0.2, -0.15) is 0 Å². The van der Waals surface area contributed by atoms with Gasteiger partial charge in [0.15, 0.2) is 5.78 Å². The van der Waals surface area contributed by atoms with Crippen molar-refractivity contribution in [3.8, 4) is 0 Å². The normalized spacial score (nSPS) is 10.2. The number of hydrogen-bond acceptors (Lipinski definition) is 1. The number of ketones is 1. The Labute approximate surface area is 95.4 Å². The Morgan fingerprint density at radius 2 is 2.21 bits per heavy atom. The number of rotatable bonds is 4. The summed E-state index contributed by atoms with van der Waals surface area (Å²) < 4.78 is 13.6. The Balaban J connectivity index is 3.03. The number of halogens is 3. The summed E-state index contributed by atoms with van der Waals surface area (Å²) >= 11 is 8.57. The van der Waals surface area contributed by atoms with Crippen LogP contribution in [0, 0.1) is 5.82 Å². The van der Waals surface area contributed by atoms with Gasteiger partial charge in [-0.05, 0) is 11.6 Å². The predicted octanol–water partition coefficient (Wildman–Crippen LogP) is 3.53. The quantitative estimate of drug-likeness (QED) is 0.609. The second-order valence-electron chi connectivity index (χ2n) is 2.77. The summed E-state index contributed by atoms with van der Waals surface area (Å²) in [6.07, 6.45) is 0.171. The molecule has 0 aromatic heterocycles. The maximum atomic E-state index is 13.6. The predicted molar refractivity (Wildman–Crippen MR) is 58.7 cm³/mol. The summed E-state index contributed by atoms with van der Waals surface area (Å²) in [5, 5.41) is 0.404. The van der Waals surface area contributed by atoms with Crippen LogP contribution in [0.4, 0.5) is 4.39 Å². The zero-order chi connectivity index (χ0) is 10.6. The summed E-state index contributed by atoms with van der Waals surface area (Å²) in [6.45, 7) is 0. The molecule has 0 fully saturated rings. The second kappa shape index (κ2) is 5.47. The monoisotopic (exact) mass is 278 g/mol. The fraction of sp³-hybridized carbons (Fsp3) is 0.300. The molecule has 0 amide bonds. The van der Waals surface area contributed by atoms with Crippen LogP contribution >= 0.6 is 27.5 Å². The van der Waals surface area contributed by atoms with Gasteiger partial charge < -0.3 is 0 Å². The molecular weight excluding hydrogens is 270 g/mol. The lowest BCUT2D eigenvalue weighted by Crippen LogP contribution is -2.04. The van der Waals surface area contributed by atoms with E-state index < -0.39 is 5.82 Å².